The van der Waals surface area contributed by atoms with Crippen molar-refractivity contribution in [2.24, 2.45) is 0 Å². The van der Waals surface area contributed by atoms with E-state index in [-0.39, 0.29) is 17.1 Å². The maximum atomic E-state index is 13.0. The highest BCUT2D eigenvalue weighted by molar-refractivity contribution is 8.02. The van der Waals surface area contributed by atoms with Crippen LogP contribution < -0.4 is 0 Å². The number of rotatable bonds is 3. The summed E-state index contributed by atoms with van der Waals surface area (Å²) in [5.41, 5.74) is 0.321. The number of likely N-dealkylation sites (tertiary alicyclic amines) is 1. The zero-order chi connectivity index (χ0) is 17.1. The van der Waals surface area contributed by atoms with Crippen LogP contribution in [0.5, 0.6) is 0 Å². The van der Waals surface area contributed by atoms with Gasteiger partial charge in [0.1, 0.15) is 10.8 Å². The summed E-state index contributed by atoms with van der Waals surface area (Å²) < 4.78 is 13.8. The Morgan fingerprint density at radius 1 is 1.29 bits per heavy atom. The molecular weight excluding hydrogens is 349 g/mol. The lowest BCUT2D eigenvalue weighted by Gasteiger charge is -2.22. The average Bonchev–Trinajstić information content (AvgIpc) is 2.89. The van der Waals surface area contributed by atoms with Gasteiger partial charge in [-0.05, 0) is 44.0 Å². The summed E-state index contributed by atoms with van der Waals surface area (Å²) in [6.07, 6.45) is 2.34. The molecule has 3 rings (SSSR count). The molecule has 24 heavy (non-hydrogen) atoms. The van der Waals surface area contributed by atoms with Gasteiger partial charge in [-0.1, -0.05) is 29.5 Å². The molecule has 0 bridgehead atoms. The maximum absolute atomic E-state index is 13.0. The lowest BCUT2D eigenvalue weighted by atomic mass is 10.2. The van der Waals surface area contributed by atoms with Crippen LogP contribution in [0.15, 0.2) is 28.6 Å². The summed E-state index contributed by atoms with van der Waals surface area (Å²) in [6.45, 7) is 2.25. The Bertz CT molecular complexity index is 748. The lowest BCUT2D eigenvalue weighted by Crippen LogP contribution is -2.41. The first kappa shape index (κ1) is 17.0. The number of halogens is 1. The molecule has 1 aliphatic heterocycles. The smallest absolute Gasteiger partial charge is 0.260 e. The van der Waals surface area contributed by atoms with Gasteiger partial charge in [-0.15, -0.1) is 10.2 Å². The fourth-order valence-corrected chi connectivity index (χ4v) is 4.68. The van der Waals surface area contributed by atoms with Gasteiger partial charge in [-0.25, -0.2) is 4.39 Å². The highest BCUT2D eigenvalue weighted by Gasteiger charge is 2.32. The van der Waals surface area contributed by atoms with E-state index in [9.17, 15) is 14.0 Å². The van der Waals surface area contributed by atoms with Crippen molar-refractivity contribution in [1.29, 1.82) is 0 Å². The van der Waals surface area contributed by atoms with Gasteiger partial charge in [0.25, 0.3) is 5.91 Å². The summed E-state index contributed by atoms with van der Waals surface area (Å²) >= 11 is 2.81. The van der Waals surface area contributed by atoms with Crippen LogP contribution in [0.4, 0.5) is 4.39 Å². The number of imide groups is 1. The molecule has 0 aliphatic carbocycles. The standard InChI is InChI=1S/C16H16FN3O2S2/c1-10-18-19-16(23-10)24-13-4-2-3-9-20(15(13)22)14(21)11-5-7-12(17)8-6-11/h5-8,13H,2-4,9H2,1H3/t13-/m1/s1. The third kappa shape index (κ3) is 3.81. The van der Waals surface area contributed by atoms with E-state index in [0.29, 0.717) is 18.5 Å². The summed E-state index contributed by atoms with van der Waals surface area (Å²) in [4.78, 5) is 26.7. The Hall–Kier alpha value is -1.80. The molecule has 2 aromatic rings. The number of aryl methyl sites for hydroxylation is 1. The number of nitrogens with zero attached hydrogens (tertiary/aromatic N) is 3. The molecule has 1 fully saturated rings. The molecule has 1 aromatic carbocycles. The van der Waals surface area contributed by atoms with Gasteiger partial charge >= 0.3 is 0 Å². The van der Waals surface area contributed by atoms with Gasteiger partial charge < -0.3 is 0 Å². The normalized spacial score (nSPS) is 18.5. The second kappa shape index (κ2) is 7.40. The predicted molar refractivity (Wildman–Crippen MR) is 90.6 cm³/mol. The van der Waals surface area contributed by atoms with Crippen LogP contribution in [0, 0.1) is 12.7 Å². The summed E-state index contributed by atoms with van der Waals surface area (Å²) in [5, 5.41) is 8.51. The van der Waals surface area contributed by atoms with Gasteiger partial charge in [0, 0.05) is 12.1 Å². The maximum Gasteiger partial charge on any atom is 0.260 e. The van der Waals surface area contributed by atoms with Crippen LogP contribution >= 0.6 is 23.1 Å². The molecule has 0 N–H and O–H groups in total. The quantitative estimate of drug-likeness (QED) is 0.781. The van der Waals surface area contributed by atoms with Crippen molar-refractivity contribution in [3.8, 4) is 0 Å². The largest absolute Gasteiger partial charge is 0.278 e. The van der Waals surface area contributed by atoms with E-state index >= 15 is 0 Å². The van der Waals surface area contributed by atoms with E-state index in [4.69, 9.17) is 0 Å². The number of hydrogen-bond acceptors (Lipinski definition) is 6. The van der Waals surface area contributed by atoms with Gasteiger partial charge in [-0.2, -0.15) is 0 Å². The molecule has 5 nitrogen and oxygen atoms in total. The van der Waals surface area contributed by atoms with Gasteiger partial charge in [0.15, 0.2) is 4.34 Å². The van der Waals surface area contributed by atoms with Crippen molar-refractivity contribution in [3.63, 3.8) is 0 Å². The summed E-state index contributed by atoms with van der Waals surface area (Å²) in [7, 11) is 0. The SMILES string of the molecule is Cc1nnc(S[C@@H]2CCCCN(C(=O)c3ccc(F)cc3)C2=O)s1. The number of benzene rings is 1. The molecule has 126 valence electrons. The van der Waals surface area contributed by atoms with Crippen LogP contribution in [0.2, 0.25) is 0 Å². The van der Waals surface area contributed by atoms with Crippen LogP contribution in [0.1, 0.15) is 34.6 Å². The molecule has 8 heteroatoms. The predicted octanol–water partition coefficient (Wildman–Crippen LogP) is 3.30. The Morgan fingerprint density at radius 3 is 2.71 bits per heavy atom. The first-order valence-electron chi connectivity index (χ1n) is 7.62. The van der Waals surface area contributed by atoms with Gasteiger partial charge in [-0.3, -0.25) is 14.5 Å². The van der Waals surface area contributed by atoms with Crippen molar-refractivity contribution < 1.29 is 14.0 Å². The monoisotopic (exact) mass is 365 g/mol. The van der Waals surface area contributed by atoms with E-state index in [2.05, 4.69) is 10.2 Å². The van der Waals surface area contributed by atoms with E-state index in [1.165, 1.54) is 52.3 Å². The zero-order valence-electron chi connectivity index (χ0n) is 13.1. The second-order valence-corrected chi connectivity index (χ2v) is 8.12. The third-order valence-electron chi connectivity index (χ3n) is 3.73. The number of carbonyl (C=O) groups is 2. The fraction of sp³-hybridized carbons (Fsp3) is 0.375. The number of aromatic nitrogens is 2. The topological polar surface area (TPSA) is 63.2 Å². The Morgan fingerprint density at radius 2 is 2.04 bits per heavy atom. The molecule has 1 saturated heterocycles. The molecule has 0 spiro atoms. The Kier molecular flexibility index (Phi) is 5.25. The van der Waals surface area contributed by atoms with Crippen LogP contribution in [0.25, 0.3) is 0 Å². The highest BCUT2D eigenvalue weighted by atomic mass is 32.2. The molecule has 1 atom stereocenters. The van der Waals surface area contributed by atoms with Crippen molar-refractivity contribution in [1.82, 2.24) is 15.1 Å². The number of thioether (sulfide) groups is 1. The van der Waals surface area contributed by atoms with Crippen LogP contribution in [0.3, 0.4) is 0 Å². The minimum absolute atomic E-state index is 0.209. The number of carbonyl (C=O) groups excluding carboxylic acids is 2. The Balaban J connectivity index is 1.78. The van der Waals surface area contributed by atoms with E-state index in [1.54, 1.807) is 0 Å². The van der Waals surface area contributed by atoms with Crippen molar-refractivity contribution in [2.45, 2.75) is 35.8 Å². The lowest BCUT2D eigenvalue weighted by molar-refractivity contribution is -0.127. The second-order valence-electron chi connectivity index (χ2n) is 5.49. The van der Waals surface area contributed by atoms with E-state index < -0.39 is 5.82 Å². The van der Waals surface area contributed by atoms with Crippen molar-refractivity contribution >= 4 is 34.9 Å². The molecule has 0 radical (unpaired) electrons. The van der Waals surface area contributed by atoms with Crippen LogP contribution in [-0.2, 0) is 4.79 Å². The van der Waals surface area contributed by atoms with Crippen LogP contribution in [-0.4, -0.2) is 38.7 Å². The minimum atomic E-state index is -0.409. The van der Waals surface area contributed by atoms with E-state index in [0.717, 1.165) is 22.2 Å². The molecule has 1 aromatic heterocycles. The molecule has 0 saturated carbocycles. The fourth-order valence-electron chi connectivity index (χ4n) is 2.51. The molecular formula is C16H16FN3O2S2. The average molecular weight is 365 g/mol. The first-order chi connectivity index (χ1) is 11.5. The molecule has 1 aliphatic rings. The third-order valence-corrected chi connectivity index (χ3v) is 5.90. The molecule has 2 heterocycles. The van der Waals surface area contributed by atoms with Crippen molar-refractivity contribution in [3.05, 3.63) is 40.7 Å². The number of amides is 2. The first-order valence-corrected chi connectivity index (χ1v) is 9.32. The van der Waals surface area contributed by atoms with E-state index in [1.807, 2.05) is 6.92 Å². The number of hydrogen-bond donors (Lipinski definition) is 0. The van der Waals surface area contributed by atoms with Gasteiger partial charge in [0.05, 0.1) is 5.25 Å². The molecule has 0 unspecified atom stereocenters. The highest BCUT2D eigenvalue weighted by Crippen LogP contribution is 2.32. The van der Waals surface area contributed by atoms with Crippen molar-refractivity contribution in [2.75, 3.05) is 6.54 Å². The molecule has 2 amide bonds. The Labute approximate surface area is 147 Å². The zero-order valence-corrected chi connectivity index (χ0v) is 14.7. The van der Waals surface area contributed by atoms with Gasteiger partial charge in [0.2, 0.25) is 5.91 Å². The summed E-state index contributed by atoms with van der Waals surface area (Å²) in [6, 6.07) is 5.27. The minimum Gasteiger partial charge on any atom is -0.278 e. The summed E-state index contributed by atoms with van der Waals surface area (Å²) in [5.74, 6) is -0.991.